The Hall–Kier alpha value is -2.66. The molecular formula is C19H16FNO3. The van der Waals surface area contributed by atoms with Crippen molar-refractivity contribution >= 4 is 10.9 Å². The Kier molecular flexibility index (Phi) is 3.78. The molecule has 0 radical (unpaired) electrons. The summed E-state index contributed by atoms with van der Waals surface area (Å²) in [6.45, 7) is 0.818. The van der Waals surface area contributed by atoms with E-state index in [4.69, 9.17) is 9.47 Å². The van der Waals surface area contributed by atoms with Crippen LogP contribution in [0.5, 0.6) is 11.5 Å². The lowest BCUT2D eigenvalue weighted by Gasteiger charge is -2.22. The molecule has 5 heteroatoms. The number of nitrogens with zero attached hydrogens (tertiary/aromatic N) is 1. The van der Waals surface area contributed by atoms with Gasteiger partial charge >= 0.3 is 0 Å². The second kappa shape index (κ2) is 6.09. The highest BCUT2D eigenvalue weighted by molar-refractivity contribution is 5.78. The van der Waals surface area contributed by atoms with Crippen LogP contribution >= 0.6 is 0 Å². The van der Waals surface area contributed by atoms with Gasteiger partial charge in [0.25, 0.3) is 0 Å². The molecule has 1 aliphatic rings. The quantitative estimate of drug-likeness (QED) is 0.796. The Labute approximate surface area is 138 Å². The molecule has 0 spiro atoms. The molecule has 3 aromatic rings. The monoisotopic (exact) mass is 325 g/mol. The molecule has 0 aliphatic carbocycles. The molecule has 0 saturated heterocycles. The molecule has 4 rings (SSSR count). The second-order valence-electron chi connectivity index (χ2n) is 5.78. The van der Waals surface area contributed by atoms with Gasteiger partial charge < -0.3 is 14.6 Å². The molecular weight excluding hydrogens is 309 g/mol. The van der Waals surface area contributed by atoms with E-state index in [-0.39, 0.29) is 5.82 Å². The lowest BCUT2D eigenvalue weighted by molar-refractivity contribution is 0.115. The number of fused-ring (bicyclic) bond motifs is 2. The third-order valence-electron chi connectivity index (χ3n) is 4.08. The van der Waals surface area contributed by atoms with Gasteiger partial charge in [-0.25, -0.2) is 9.37 Å². The standard InChI is InChI=1S/C19H16FNO3/c20-13-2-5-17-12(9-13)1-3-14(21-17)11-24-15-4-6-19-16(10-15)18(22)7-8-23-19/h1-6,9-10,18,22H,7-8,11H2. The van der Waals surface area contributed by atoms with Crippen LogP contribution in [-0.2, 0) is 6.61 Å². The van der Waals surface area contributed by atoms with Crippen molar-refractivity contribution in [1.82, 2.24) is 4.98 Å². The largest absolute Gasteiger partial charge is 0.493 e. The summed E-state index contributed by atoms with van der Waals surface area (Å²) in [5.41, 5.74) is 2.23. The highest BCUT2D eigenvalue weighted by Crippen LogP contribution is 2.34. The van der Waals surface area contributed by atoms with Crippen LogP contribution in [0.1, 0.15) is 23.8 Å². The summed E-state index contributed by atoms with van der Waals surface area (Å²) in [5.74, 6) is 1.08. The normalized spacial score (nSPS) is 16.5. The van der Waals surface area contributed by atoms with Crippen LogP contribution in [0.4, 0.5) is 4.39 Å². The molecule has 2 heterocycles. The number of hydrogen-bond acceptors (Lipinski definition) is 4. The Balaban J connectivity index is 1.52. The smallest absolute Gasteiger partial charge is 0.130 e. The van der Waals surface area contributed by atoms with Gasteiger partial charge in [-0.2, -0.15) is 0 Å². The van der Waals surface area contributed by atoms with Crippen molar-refractivity contribution in [1.29, 1.82) is 0 Å². The van der Waals surface area contributed by atoms with Crippen LogP contribution in [0.25, 0.3) is 10.9 Å². The van der Waals surface area contributed by atoms with Crippen LogP contribution in [0.3, 0.4) is 0 Å². The molecule has 1 N–H and O–H groups in total. The summed E-state index contributed by atoms with van der Waals surface area (Å²) < 4.78 is 24.5. The van der Waals surface area contributed by atoms with Crippen LogP contribution in [-0.4, -0.2) is 16.7 Å². The van der Waals surface area contributed by atoms with Crippen LogP contribution in [0.2, 0.25) is 0 Å². The molecule has 0 fully saturated rings. The van der Waals surface area contributed by atoms with Gasteiger partial charge in [0.15, 0.2) is 0 Å². The maximum atomic E-state index is 13.2. The first kappa shape index (κ1) is 14.9. The van der Waals surface area contributed by atoms with Gasteiger partial charge in [0.2, 0.25) is 0 Å². The first-order chi connectivity index (χ1) is 11.7. The summed E-state index contributed by atoms with van der Waals surface area (Å²) in [7, 11) is 0. The summed E-state index contributed by atoms with van der Waals surface area (Å²) in [6, 6.07) is 13.6. The van der Waals surface area contributed by atoms with Crippen molar-refractivity contribution in [3.63, 3.8) is 0 Å². The molecule has 24 heavy (non-hydrogen) atoms. The van der Waals surface area contributed by atoms with Gasteiger partial charge in [0.05, 0.1) is 23.9 Å². The van der Waals surface area contributed by atoms with E-state index in [2.05, 4.69) is 4.98 Å². The van der Waals surface area contributed by atoms with E-state index in [0.717, 1.165) is 22.2 Å². The van der Waals surface area contributed by atoms with Crippen molar-refractivity contribution in [3.8, 4) is 11.5 Å². The highest BCUT2D eigenvalue weighted by atomic mass is 19.1. The number of rotatable bonds is 3. The molecule has 2 aromatic carbocycles. The number of aromatic nitrogens is 1. The zero-order valence-electron chi connectivity index (χ0n) is 12.9. The Morgan fingerprint density at radius 2 is 2.08 bits per heavy atom. The molecule has 1 aromatic heterocycles. The van der Waals surface area contributed by atoms with E-state index >= 15 is 0 Å². The Morgan fingerprint density at radius 1 is 1.17 bits per heavy atom. The van der Waals surface area contributed by atoms with Gasteiger partial charge in [0, 0.05) is 17.4 Å². The second-order valence-corrected chi connectivity index (χ2v) is 5.78. The maximum Gasteiger partial charge on any atom is 0.130 e. The van der Waals surface area contributed by atoms with Gasteiger partial charge in [-0.3, -0.25) is 0 Å². The number of halogens is 1. The zero-order chi connectivity index (χ0) is 16.5. The van der Waals surface area contributed by atoms with Gasteiger partial charge in [-0.1, -0.05) is 6.07 Å². The van der Waals surface area contributed by atoms with Crippen molar-refractivity contribution in [2.45, 2.75) is 19.1 Å². The number of benzene rings is 2. The van der Waals surface area contributed by atoms with Crippen molar-refractivity contribution in [3.05, 3.63) is 65.6 Å². The van der Waals surface area contributed by atoms with E-state index in [9.17, 15) is 9.50 Å². The lowest BCUT2D eigenvalue weighted by atomic mass is 10.0. The number of aliphatic hydroxyl groups excluding tert-OH is 1. The van der Waals surface area contributed by atoms with Crippen LogP contribution in [0, 0.1) is 5.82 Å². The number of aliphatic hydroxyl groups is 1. The summed E-state index contributed by atoms with van der Waals surface area (Å²) >= 11 is 0. The fraction of sp³-hybridized carbons (Fsp3) is 0.211. The summed E-state index contributed by atoms with van der Waals surface area (Å²) in [5, 5.41) is 10.8. The highest BCUT2D eigenvalue weighted by Gasteiger charge is 2.19. The van der Waals surface area contributed by atoms with Crippen molar-refractivity contribution < 1.29 is 19.0 Å². The van der Waals surface area contributed by atoms with Gasteiger partial charge in [0.1, 0.15) is 23.9 Å². The summed E-state index contributed by atoms with van der Waals surface area (Å²) in [4.78, 5) is 4.47. The number of pyridine rings is 1. The molecule has 0 amide bonds. The van der Waals surface area contributed by atoms with Crippen LogP contribution < -0.4 is 9.47 Å². The third-order valence-corrected chi connectivity index (χ3v) is 4.08. The van der Waals surface area contributed by atoms with E-state index in [1.165, 1.54) is 12.1 Å². The minimum Gasteiger partial charge on any atom is -0.493 e. The minimum atomic E-state index is -0.522. The van der Waals surface area contributed by atoms with E-state index in [1.54, 1.807) is 12.1 Å². The van der Waals surface area contributed by atoms with E-state index < -0.39 is 6.10 Å². The molecule has 1 atom stereocenters. The molecule has 0 bridgehead atoms. The predicted molar refractivity (Wildman–Crippen MR) is 87.5 cm³/mol. The molecule has 1 aliphatic heterocycles. The SMILES string of the molecule is OC1CCOc2ccc(OCc3ccc4cc(F)ccc4n3)cc21. The Bertz CT molecular complexity index is 897. The predicted octanol–water partition coefficient (Wildman–Crippen LogP) is 3.77. The Morgan fingerprint density at radius 3 is 3.00 bits per heavy atom. The fourth-order valence-corrected chi connectivity index (χ4v) is 2.82. The molecule has 0 saturated carbocycles. The molecule has 1 unspecified atom stereocenters. The fourth-order valence-electron chi connectivity index (χ4n) is 2.82. The minimum absolute atomic E-state index is 0.275. The third kappa shape index (κ3) is 2.90. The maximum absolute atomic E-state index is 13.2. The van der Waals surface area contributed by atoms with Crippen molar-refractivity contribution in [2.24, 2.45) is 0 Å². The topological polar surface area (TPSA) is 51.6 Å². The molecule has 122 valence electrons. The van der Waals surface area contributed by atoms with Crippen molar-refractivity contribution in [2.75, 3.05) is 6.61 Å². The average molecular weight is 325 g/mol. The van der Waals surface area contributed by atoms with Gasteiger partial charge in [-0.15, -0.1) is 0 Å². The lowest BCUT2D eigenvalue weighted by Crippen LogP contribution is -2.13. The van der Waals surface area contributed by atoms with E-state index in [0.29, 0.717) is 31.1 Å². The van der Waals surface area contributed by atoms with Gasteiger partial charge in [-0.05, 0) is 42.5 Å². The average Bonchev–Trinajstić information content (AvgIpc) is 2.60. The van der Waals surface area contributed by atoms with Crippen LogP contribution in [0.15, 0.2) is 48.5 Å². The first-order valence-corrected chi connectivity index (χ1v) is 7.82. The number of hydrogen-bond donors (Lipinski definition) is 1. The van der Waals surface area contributed by atoms with E-state index in [1.807, 2.05) is 24.3 Å². The molecule has 4 nitrogen and oxygen atoms in total. The summed E-state index contributed by atoms with van der Waals surface area (Å²) in [6.07, 6.45) is 0.0604. The first-order valence-electron chi connectivity index (χ1n) is 7.82. The zero-order valence-corrected chi connectivity index (χ0v) is 12.9. The number of ether oxygens (including phenoxy) is 2.